The largest absolute Gasteiger partial charge is 0.312 e. The predicted octanol–water partition coefficient (Wildman–Crippen LogP) is 2.38. The van der Waals surface area contributed by atoms with Crippen LogP contribution in [0.1, 0.15) is 18.9 Å². The monoisotopic (exact) mass is 230 g/mol. The number of benzene rings is 1. The van der Waals surface area contributed by atoms with Crippen LogP contribution in [0, 0.1) is 0 Å². The molecule has 1 aromatic rings. The van der Waals surface area contributed by atoms with Gasteiger partial charge >= 0.3 is 0 Å². The minimum absolute atomic E-state index is 0.641. The second-order valence-electron chi connectivity index (χ2n) is 4.76. The molecule has 1 aliphatic rings. The van der Waals surface area contributed by atoms with Crippen LogP contribution in [0.15, 0.2) is 36.4 Å². The molecule has 0 spiro atoms. The van der Waals surface area contributed by atoms with Crippen molar-refractivity contribution in [2.24, 2.45) is 0 Å². The number of piperazine rings is 1. The smallest absolute Gasteiger partial charge is 0.0167 e. The molecule has 1 saturated heterocycles. The van der Waals surface area contributed by atoms with E-state index in [1.54, 1.807) is 0 Å². The van der Waals surface area contributed by atoms with Gasteiger partial charge in [0.25, 0.3) is 0 Å². The summed E-state index contributed by atoms with van der Waals surface area (Å²) in [6, 6.07) is 11.1. The zero-order valence-corrected chi connectivity index (χ0v) is 10.6. The van der Waals surface area contributed by atoms with Crippen LogP contribution < -0.4 is 5.32 Å². The molecule has 0 bridgehead atoms. The Morgan fingerprint density at radius 3 is 2.94 bits per heavy atom. The summed E-state index contributed by atoms with van der Waals surface area (Å²) in [6.07, 6.45) is 5.63. The molecule has 0 aliphatic carbocycles. The van der Waals surface area contributed by atoms with E-state index >= 15 is 0 Å². The molecular formula is C15H22N2. The highest BCUT2D eigenvalue weighted by Crippen LogP contribution is 2.04. The number of nitrogens with zero attached hydrogens (tertiary/aromatic N) is 1. The Labute approximate surface area is 104 Å². The summed E-state index contributed by atoms with van der Waals surface area (Å²) < 4.78 is 0. The number of nitrogens with one attached hydrogen (secondary N) is 1. The van der Waals surface area contributed by atoms with Gasteiger partial charge in [-0.25, -0.2) is 0 Å². The lowest BCUT2D eigenvalue weighted by Gasteiger charge is -2.31. The van der Waals surface area contributed by atoms with Gasteiger partial charge in [-0.1, -0.05) is 42.5 Å². The lowest BCUT2D eigenvalue weighted by atomic mass is 10.2. The SMILES string of the molecule is C[C@@H]1CN(CC/C=C/c2ccccc2)CCN1. The van der Waals surface area contributed by atoms with Gasteiger partial charge in [0.2, 0.25) is 0 Å². The minimum atomic E-state index is 0.641. The van der Waals surface area contributed by atoms with Crippen LogP contribution in [-0.2, 0) is 0 Å². The van der Waals surface area contributed by atoms with Crippen LogP contribution in [0.5, 0.6) is 0 Å². The molecule has 1 atom stereocenters. The van der Waals surface area contributed by atoms with Gasteiger partial charge in [0.15, 0.2) is 0 Å². The molecule has 2 rings (SSSR count). The first kappa shape index (κ1) is 12.3. The van der Waals surface area contributed by atoms with E-state index in [2.05, 4.69) is 59.6 Å². The molecule has 1 fully saturated rings. The number of hydrogen-bond acceptors (Lipinski definition) is 2. The van der Waals surface area contributed by atoms with Gasteiger partial charge in [-0.15, -0.1) is 0 Å². The summed E-state index contributed by atoms with van der Waals surface area (Å²) in [5.74, 6) is 0. The van der Waals surface area contributed by atoms with Gasteiger partial charge in [0, 0.05) is 32.2 Å². The first-order valence-corrected chi connectivity index (χ1v) is 6.52. The van der Waals surface area contributed by atoms with E-state index in [9.17, 15) is 0 Å². The van der Waals surface area contributed by atoms with Gasteiger partial charge < -0.3 is 10.2 Å². The van der Waals surface area contributed by atoms with Crippen molar-refractivity contribution in [1.29, 1.82) is 0 Å². The zero-order valence-electron chi connectivity index (χ0n) is 10.6. The van der Waals surface area contributed by atoms with Gasteiger partial charge in [0.05, 0.1) is 0 Å². The minimum Gasteiger partial charge on any atom is -0.312 e. The maximum atomic E-state index is 3.47. The number of rotatable bonds is 4. The third-order valence-electron chi connectivity index (χ3n) is 3.17. The van der Waals surface area contributed by atoms with Crippen molar-refractivity contribution in [1.82, 2.24) is 10.2 Å². The summed E-state index contributed by atoms with van der Waals surface area (Å²) in [5.41, 5.74) is 1.29. The van der Waals surface area contributed by atoms with Crippen molar-refractivity contribution >= 4 is 6.08 Å². The summed E-state index contributed by atoms with van der Waals surface area (Å²) >= 11 is 0. The van der Waals surface area contributed by atoms with Crippen LogP contribution >= 0.6 is 0 Å². The maximum Gasteiger partial charge on any atom is 0.0167 e. The second kappa shape index (κ2) is 6.58. The molecule has 1 aliphatic heterocycles. The average Bonchev–Trinajstić information content (AvgIpc) is 2.36. The van der Waals surface area contributed by atoms with E-state index in [0.29, 0.717) is 6.04 Å². The van der Waals surface area contributed by atoms with E-state index in [1.807, 2.05) is 0 Å². The van der Waals surface area contributed by atoms with E-state index in [0.717, 1.165) is 13.0 Å². The molecule has 0 radical (unpaired) electrons. The lowest BCUT2D eigenvalue weighted by molar-refractivity contribution is 0.210. The van der Waals surface area contributed by atoms with Gasteiger partial charge in [-0.05, 0) is 18.9 Å². The molecule has 2 heteroatoms. The highest BCUT2D eigenvalue weighted by atomic mass is 15.2. The van der Waals surface area contributed by atoms with Crippen molar-refractivity contribution in [3.8, 4) is 0 Å². The summed E-state index contributed by atoms with van der Waals surface area (Å²) in [7, 11) is 0. The molecule has 0 unspecified atom stereocenters. The normalized spacial score (nSPS) is 22.1. The predicted molar refractivity (Wildman–Crippen MR) is 74.0 cm³/mol. The third kappa shape index (κ3) is 4.33. The van der Waals surface area contributed by atoms with Crippen molar-refractivity contribution < 1.29 is 0 Å². The Kier molecular flexibility index (Phi) is 4.77. The Bertz CT molecular complexity index is 345. The molecule has 1 aromatic carbocycles. The zero-order chi connectivity index (χ0) is 11.9. The average molecular weight is 230 g/mol. The maximum absolute atomic E-state index is 3.47. The Morgan fingerprint density at radius 1 is 1.35 bits per heavy atom. The van der Waals surface area contributed by atoms with Crippen molar-refractivity contribution in [3.63, 3.8) is 0 Å². The second-order valence-corrected chi connectivity index (χ2v) is 4.76. The fraction of sp³-hybridized carbons (Fsp3) is 0.467. The molecule has 0 amide bonds. The van der Waals surface area contributed by atoms with Crippen molar-refractivity contribution in [3.05, 3.63) is 42.0 Å². The van der Waals surface area contributed by atoms with Gasteiger partial charge in [-0.3, -0.25) is 0 Å². The van der Waals surface area contributed by atoms with Crippen LogP contribution in [0.25, 0.3) is 6.08 Å². The Morgan fingerprint density at radius 2 is 2.18 bits per heavy atom. The van der Waals surface area contributed by atoms with E-state index < -0.39 is 0 Å². The first-order valence-electron chi connectivity index (χ1n) is 6.52. The van der Waals surface area contributed by atoms with Gasteiger partial charge in [-0.2, -0.15) is 0 Å². The summed E-state index contributed by atoms with van der Waals surface area (Å²) in [6.45, 7) is 6.92. The third-order valence-corrected chi connectivity index (χ3v) is 3.17. The highest BCUT2D eigenvalue weighted by molar-refractivity contribution is 5.48. The fourth-order valence-corrected chi connectivity index (χ4v) is 2.26. The number of hydrogen-bond donors (Lipinski definition) is 1. The van der Waals surface area contributed by atoms with E-state index in [1.165, 1.54) is 25.2 Å². The van der Waals surface area contributed by atoms with Crippen molar-refractivity contribution in [2.45, 2.75) is 19.4 Å². The van der Waals surface area contributed by atoms with Crippen LogP contribution in [-0.4, -0.2) is 37.1 Å². The van der Waals surface area contributed by atoms with Crippen LogP contribution in [0.3, 0.4) is 0 Å². The molecular weight excluding hydrogens is 208 g/mol. The summed E-state index contributed by atoms with van der Waals surface area (Å²) in [5, 5.41) is 3.47. The van der Waals surface area contributed by atoms with Crippen LogP contribution in [0.2, 0.25) is 0 Å². The first-order chi connectivity index (χ1) is 8.34. The van der Waals surface area contributed by atoms with Gasteiger partial charge in [0.1, 0.15) is 0 Å². The highest BCUT2D eigenvalue weighted by Gasteiger charge is 2.13. The molecule has 17 heavy (non-hydrogen) atoms. The lowest BCUT2D eigenvalue weighted by Crippen LogP contribution is -2.49. The molecule has 1 heterocycles. The van der Waals surface area contributed by atoms with Crippen LogP contribution in [0.4, 0.5) is 0 Å². The van der Waals surface area contributed by atoms with Crippen molar-refractivity contribution in [2.75, 3.05) is 26.2 Å². The topological polar surface area (TPSA) is 15.3 Å². The quantitative estimate of drug-likeness (QED) is 0.854. The molecule has 92 valence electrons. The molecule has 2 nitrogen and oxygen atoms in total. The Balaban J connectivity index is 1.70. The fourth-order valence-electron chi connectivity index (χ4n) is 2.26. The summed E-state index contributed by atoms with van der Waals surface area (Å²) in [4.78, 5) is 2.54. The molecule has 0 saturated carbocycles. The van der Waals surface area contributed by atoms with E-state index in [4.69, 9.17) is 0 Å². The van der Waals surface area contributed by atoms with E-state index in [-0.39, 0.29) is 0 Å². The molecule has 0 aromatic heterocycles. The molecule has 1 N–H and O–H groups in total. The Hall–Kier alpha value is -1.12. The standard InChI is InChI=1S/C15H22N2/c1-14-13-17(12-10-16-14)11-6-5-9-15-7-3-2-4-8-15/h2-5,7-9,14,16H,6,10-13H2,1H3/b9-5+/t14-/m1/s1.